The molecule has 0 unspecified atom stereocenters. The fraction of sp³-hybridized carbons (Fsp3) is 0. The first-order valence-electron chi connectivity index (χ1n) is 8.59. The predicted octanol–water partition coefficient (Wildman–Crippen LogP) is 6.54. The molecule has 0 amide bonds. The topological polar surface area (TPSA) is 36.4 Å². The highest BCUT2D eigenvalue weighted by atomic mass is 35.5. The van der Waals surface area contributed by atoms with E-state index in [9.17, 15) is 4.39 Å². The lowest BCUT2D eigenvalue weighted by Crippen LogP contribution is -2.25. The van der Waals surface area contributed by atoms with Crippen LogP contribution in [0.3, 0.4) is 0 Å². The summed E-state index contributed by atoms with van der Waals surface area (Å²) >= 11 is 17.3. The highest BCUT2D eigenvalue weighted by Gasteiger charge is 2.03. The van der Waals surface area contributed by atoms with Crippen molar-refractivity contribution in [1.82, 2.24) is 5.43 Å². The first kappa shape index (κ1) is 21.0. The maximum Gasteiger partial charge on any atom is 0.191 e. The summed E-state index contributed by atoms with van der Waals surface area (Å²) in [6, 6.07) is 20.6. The summed E-state index contributed by atoms with van der Waals surface area (Å²) in [5, 5.41) is 8.98. The van der Waals surface area contributed by atoms with Gasteiger partial charge in [0.1, 0.15) is 5.82 Å². The average Bonchev–Trinajstić information content (AvgIpc) is 2.71. The molecule has 0 aliphatic rings. The Morgan fingerprint density at radius 1 is 0.931 bits per heavy atom. The summed E-state index contributed by atoms with van der Waals surface area (Å²) in [6.45, 7) is 0. The Labute approximate surface area is 183 Å². The summed E-state index contributed by atoms with van der Waals surface area (Å²) in [5.74, 6) is -0.286. The van der Waals surface area contributed by atoms with E-state index in [2.05, 4.69) is 15.8 Å². The van der Waals surface area contributed by atoms with Gasteiger partial charge >= 0.3 is 0 Å². The van der Waals surface area contributed by atoms with Crippen LogP contribution in [-0.2, 0) is 0 Å². The zero-order valence-electron chi connectivity index (χ0n) is 15.1. The van der Waals surface area contributed by atoms with Gasteiger partial charge < -0.3 is 5.32 Å². The van der Waals surface area contributed by atoms with Gasteiger partial charge in [-0.15, -0.1) is 0 Å². The zero-order valence-corrected chi connectivity index (χ0v) is 17.4. The van der Waals surface area contributed by atoms with Crippen LogP contribution < -0.4 is 10.7 Å². The Balaban J connectivity index is 1.79. The highest BCUT2D eigenvalue weighted by molar-refractivity contribution is 7.80. The monoisotopic (exact) mass is 443 g/mol. The molecule has 0 atom stereocenters. The number of hydrazone groups is 1. The molecule has 2 N–H and O–H groups in total. The van der Waals surface area contributed by atoms with Gasteiger partial charge in [-0.2, -0.15) is 5.10 Å². The minimum Gasteiger partial charge on any atom is -0.331 e. The third kappa shape index (κ3) is 6.68. The fourth-order valence-corrected chi connectivity index (χ4v) is 2.88. The summed E-state index contributed by atoms with van der Waals surface area (Å²) in [5.41, 5.74) is 5.86. The highest BCUT2D eigenvalue weighted by Crippen LogP contribution is 2.15. The smallest absolute Gasteiger partial charge is 0.191 e. The molecule has 0 spiro atoms. The second kappa shape index (κ2) is 10.2. The first-order valence-corrected chi connectivity index (χ1v) is 9.76. The number of hydrogen-bond acceptors (Lipinski definition) is 2. The van der Waals surface area contributed by atoms with Gasteiger partial charge in [-0.1, -0.05) is 53.5 Å². The molecule has 0 aliphatic heterocycles. The van der Waals surface area contributed by atoms with Crippen molar-refractivity contribution >= 4 is 58.0 Å². The van der Waals surface area contributed by atoms with Crippen molar-refractivity contribution in [3.05, 3.63) is 106 Å². The molecule has 0 saturated heterocycles. The van der Waals surface area contributed by atoms with E-state index >= 15 is 0 Å². The lowest BCUT2D eigenvalue weighted by molar-refractivity contribution is 0.628. The summed E-state index contributed by atoms with van der Waals surface area (Å²) in [7, 11) is 0. The Bertz CT molecular complexity index is 1050. The molecule has 146 valence electrons. The summed E-state index contributed by atoms with van der Waals surface area (Å²) in [6.07, 6.45) is 3.63. The molecule has 3 aromatic rings. The quantitative estimate of drug-likeness (QED) is 0.267. The fourth-order valence-electron chi connectivity index (χ4n) is 2.40. The number of halogens is 3. The van der Waals surface area contributed by atoms with E-state index in [1.54, 1.807) is 42.5 Å². The molecule has 0 bridgehead atoms. The largest absolute Gasteiger partial charge is 0.331 e. The third-order valence-electron chi connectivity index (χ3n) is 3.80. The van der Waals surface area contributed by atoms with Crippen LogP contribution in [0.5, 0.6) is 0 Å². The van der Waals surface area contributed by atoms with Crippen molar-refractivity contribution < 1.29 is 4.39 Å². The van der Waals surface area contributed by atoms with E-state index in [0.717, 1.165) is 16.8 Å². The van der Waals surface area contributed by atoms with Gasteiger partial charge in [0, 0.05) is 21.3 Å². The Kier molecular flexibility index (Phi) is 7.36. The predicted molar refractivity (Wildman–Crippen MR) is 124 cm³/mol. The Morgan fingerprint density at radius 2 is 1.66 bits per heavy atom. The van der Waals surface area contributed by atoms with Gasteiger partial charge in [0.15, 0.2) is 5.11 Å². The first-order chi connectivity index (χ1) is 14.0. The van der Waals surface area contributed by atoms with Crippen LogP contribution in [0.4, 0.5) is 10.1 Å². The van der Waals surface area contributed by atoms with Gasteiger partial charge in [-0.3, -0.25) is 5.43 Å². The molecular formula is C22H16Cl2FN3S. The van der Waals surface area contributed by atoms with E-state index in [1.165, 1.54) is 12.1 Å². The van der Waals surface area contributed by atoms with Gasteiger partial charge in [0.2, 0.25) is 0 Å². The van der Waals surface area contributed by atoms with E-state index in [1.807, 2.05) is 30.3 Å². The number of benzene rings is 3. The van der Waals surface area contributed by atoms with Crippen molar-refractivity contribution in [1.29, 1.82) is 0 Å². The Hall–Kier alpha value is -2.73. The molecule has 0 aliphatic carbocycles. The van der Waals surface area contributed by atoms with Crippen molar-refractivity contribution in [2.24, 2.45) is 5.10 Å². The molecule has 29 heavy (non-hydrogen) atoms. The molecule has 0 saturated carbocycles. The van der Waals surface area contributed by atoms with E-state index in [-0.39, 0.29) is 5.82 Å². The molecule has 3 aromatic carbocycles. The third-order valence-corrected chi connectivity index (χ3v) is 4.48. The molecular weight excluding hydrogens is 428 g/mol. The molecule has 0 fully saturated rings. The lowest BCUT2D eigenvalue weighted by atomic mass is 10.1. The number of rotatable bonds is 5. The number of thiocarbonyl (C=S) groups is 1. The standard InChI is InChI=1S/C22H16Cl2FN3S/c23-17-7-11-20(12-8-17)26-22(29)28-27-21(16-2-1-3-18(24)14-16)13-6-15-4-9-19(25)10-5-15/h1-14H,(H2,26,28,29). The number of nitrogens with zero attached hydrogens (tertiary/aromatic N) is 1. The zero-order chi connectivity index (χ0) is 20.6. The van der Waals surface area contributed by atoms with Gasteiger partial charge in [-0.25, -0.2) is 4.39 Å². The van der Waals surface area contributed by atoms with Crippen LogP contribution in [0, 0.1) is 5.82 Å². The maximum atomic E-state index is 13.1. The normalized spacial score (nSPS) is 11.5. The molecule has 0 radical (unpaired) electrons. The lowest BCUT2D eigenvalue weighted by Gasteiger charge is -2.09. The molecule has 3 rings (SSSR count). The van der Waals surface area contributed by atoms with Crippen molar-refractivity contribution in [2.75, 3.05) is 5.32 Å². The number of nitrogens with one attached hydrogen (secondary N) is 2. The number of anilines is 1. The second-order valence-electron chi connectivity index (χ2n) is 5.97. The van der Waals surface area contributed by atoms with Crippen molar-refractivity contribution in [3.63, 3.8) is 0 Å². The Morgan fingerprint density at radius 3 is 2.34 bits per heavy atom. The minimum atomic E-state index is -0.286. The van der Waals surface area contributed by atoms with Gasteiger partial charge in [0.25, 0.3) is 0 Å². The van der Waals surface area contributed by atoms with Crippen molar-refractivity contribution in [3.8, 4) is 0 Å². The maximum absolute atomic E-state index is 13.1. The molecule has 3 nitrogen and oxygen atoms in total. The number of hydrogen-bond donors (Lipinski definition) is 2. The SMILES string of the molecule is Fc1ccc(C=CC(=NNC(=S)Nc2ccc(Cl)cc2)c2cccc(Cl)c2)cc1. The molecule has 0 heterocycles. The summed E-state index contributed by atoms with van der Waals surface area (Å²) < 4.78 is 13.1. The number of allylic oxidation sites excluding steroid dienone is 1. The second-order valence-corrected chi connectivity index (χ2v) is 7.25. The van der Waals surface area contributed by atoms with Crippen molar-refractivity contribution in [2.45, 2.75) is 0 Å². The average molecular weight is 444 g/mol. The van der Waals surface area contributed by atoms with Gasteiger partial charge in [-0.05, 0) is 72.4 Å². The van der Waals surface area contributed by atoms with Crippen LogP contribution in [-0.4, -0.2) is 10.8 Å². The van der Waals surface area contributed by atoms with E-state index in [4.69, 9.17) is 35.4 Å². The van der Waals surface area contributed by atoms with E-state index in [0.29, 0.717) is 20.9 Å². The van der Waals surface area contributed by atoms with E-state index < -0.39 is 0 Å². The van der Waals surface area contributed by atoms with Crippen LogP contribution in [0.1, 0.15) is 11.1 Å². The van der Waals surface area contributed by atoms with Gasteiger partial charge in [0.05, 0.1) is 5.71 Å². The van der Waals surface area contributed by atoms with Crippen LogP contribution >= 0.6 is 35.4 Å². The molecule has 0 aromatic heterocycles. The summed E-state index contributed by atoms with van der Waals surface area (Å²) in [4.78, 5) is 0. The minimum absolute atomic E-state index is 0.286. The van der Waals surface area contributed by atoms with Crippen LogP contribution in [0.25, 0.3) is 6.08 Å². The van der Waals surface area contributed by atoms with Crippen LogP contribution in [0.15, 0.2) is 84.0 Å². The van der Waals surface area contributed by atoms with Crippen LogP contribution in [0.2, 0.25) is 10.0 Å². The molecule has 7 heteroatoms.